The first-order chi connectivity index (χ1) is 11.7. The summed E-state index contributed by atoms with van der Waals surface area (Å²) in [6.45, 7) is 2.97. The molecule has 2 heterocycles. The van der Waals surface area contributed by atoms with Gasteiger partial charge in [0, 0.05) is 18.2 Å². The van der Waals surface area contributed by atoms with Crippen LogP contribution in [-0.4, -0.2) is 50.7 Å². The molecule has 0 aliphatic carbocycles. The second-order valence-corrected chi connectivity index (χ2v) is 6.05. The van der Waals surface area contributed by atoms with E-state index in [1.54, 1.807) is 19.2 Å². The Morgan fingerprint density at radius 1 is 1.33 bits per heavy atom. The molecule has 0 bridgehead atoms. The molecule has 0 spiro atoms. The zero-order valence-corrected chi connectivity index (χ0v) is 14.2. The highest BCUT2D eigenvalue weighted by Crippen LogP contribution is 2.26. The van der Waals surface area contributed by atoms with Gasteiger partial charge < -0.3 is 9.64 Å². The maximum absolute atomic E-state index is 13.1. The molecule has 0 N–H and O–H groups in total. The molecule has 0 saturated carbocycles. The molecule has 1 unspecified atom stereocenters. The molecule has 1 aromatic carbocycles. The number of rotatable bonds is 4. The van der Waals surface area contributed by atoms with Crippen molar-refractivity contribution in [1.29, 1.82) is 0 Å². The Bertz CT molecular complexity index is 686. The van der Waals surface area contributed by atoms with Crippen molar-refractivity contribution in [2.24, 2.45) is 0 Å². The molecule has 1 fully saturated rings. The predicted molar refractivity (Wildman–Crippen MR) is 89.3 cm³/mol. The highest BCUT2D eigenvalue weighted by molar-refractivity contribution is 5.95. The Morgan fingerprint density at radius 2 is 2.21 bits per heavy atom. The lowest BCUT2D eigenvalue weighted by Gasteiger charge is -2.29. The highest BCUT2D eigenvalue weighted by Gasteiger charge is 2.25. The van der Waals surface area contributed by atoms with E-state index >= 15 is 0 Å². The summed E-state index contributed by atoms with van der Waals surface area (Å²) in [5.74, 6) is 0.697. The molecule has 1 aliphatic rings. The number of hydrogen-bond acceptors (Lipinski definition) is 5. The van der Waals surface area contributed by atoms with Crippen molar-refractivity contribution >= 4 is 5.91 Å². The number of benzene rings is 1. The van der Waals surface area contributed by atoms with Gasteiger partial charge in [0.25, 0.3) is 5.91 Å². The fourth-order valence-corrected chi connectivity index (χ4v) is 3.31. The molecule has 128 valence electrons. The van der Waals surface area contributed by atoms with E-state index in [0.29, 0.717) is 23.0 Å². The molecule has 1 aliphatic heterocycles. The van der Waals surface area contributed by atoms with Crippen LogP contribution in [0.3, 0.4) is 0 Å². The van der Waals surface area contributed by atoms with E-state index in [2.05, 4.69) is 22.4 Å². The standard InChI is InChI=1S/C17H23N5O2/c1-3-14-7-5-4-6-10-21(14)17(23)13-8-9-16(24-2)15(11-13)22-12-18-19-20-22/h8-9,11-12,14H,3-7,10H2,1-2H3. The zero-order valence-electron chi connectivity index (χ0n) is 14.2. The van der Waals surface area contributed by atoms with Crippen molar-refractivity contribution < 1.29 is 9.53 Å². The van der Waals surface area contributed by atoms with Crippen molar-refractivity contribution in [3.05, 3.63) is 30.1 Å². The first-order valence-electron chi connectivity index (χ1n) is 8.47. The second kappa shape index (κ2) is 7.42. The van der Waals surface area contributed by atoms with Gasteiger partial charge in [0.2, 0.25) is 0 Å². The van der Waals surface area contributed by atoms with Gasteiger partial charge in [0.1, 0.15) is 17.8 Å². The third kappa shape index (κ3) is 3.25. The van der Waals surface area contributed by atoms with Gasteiger partial charge in [-0.3, -0.25) is 4.79 Å². The molecule has 24 heavy (non-hydrogen) atoms. The lowest BCUT2D eigenvalue weighted by molar-refractivity contribution is 0.0678. The van der Waals surface area contributed by atoms with Crippen LogP contribution in [0.2, 0.25) is 0 Å². The van der Waals surface area contributed by atoms with Gasteiger partial charge in [-0.25, -0.2) is 0 Å². The molecule has 1 aromatic heterocycles. The number of amides is 1. The topological polar surface area (TPSA) is 73.1 Å². The van der Waals surface area contributed by atoms with Crippen molar-refractivity contribution in [3.63, 3.8) is 0 Å². The molecule has 1 amide bonds. The van der Waals surface area contributed by atoms with Gasteiger partial charge in [-0.15, -0.1) is 5.10 Å². The minimum absolute atomic E-state index is 0.0701. The summed E-state index contributed by atoms with van der Waals surface area (Å²) < 4.78 is 6.88. The Kier molecular flexibility index (Phi) is 5.08. The van der Waals surface area contributed by atoms with Gasteiger partial charge in [-0.2, -0.15) is 4.68 Å². The first-order valence-corrected chi connectivity index (χ1v) is 8.47. The summed E-state index contributed by atoms with van der Waals surface area (Å²) >= 11 is 0. The number of carbonyl (C=O) groups excluding carboxylic acids is 1. The van der Waals surface area contributed by atoms with Crippen LogP contribution in [0.1, 0.15) is 49.4 Å². The second-order valence-electron chi connectivity index (χ2n) is 6.05. The largest absolute Gasteiger partial charge is 0.494 e. The van der Waals surface area contributed by atoms with E-state index in [1.165, 1.54) is 23.9 Å². The van der Waals surface area contributed by atoms with Gasteiger partial charge in [-0.05, 0) is 47.9 Å². The van der Waals surface area contributed by atoms with E-state index in [-0.39, 0.29) is 5.91 Å². The fraction of sp³-hybridized carbons (Fsp3) is 0.529. The number of ether oxygens (including phenoxy) is 1. The maximum Gasteiger partial charge on any atom is 0.254 e. The number of carbonyl (C=O) groups is 1. The van der Waals surface area contributed by atoms with E-state index < -0.39 is 0 Å². The maximum atomic E-state index is 13.1. The Hall–Kier alpha value is -2.44. The Morgan fingerprint density at radius 3 is 2.92 bits per heavy atom. The van der Waals surface area contributed by atoms with Crippen LogP contribution in [0.15, 0.2) is 24.5 Å². The summed E-state index contributed by atoms with van der Waals surface area (Å²) in [6, 6.07) is 5.73. The van der Waals surface area contributed by atoms with Crippen molar-refractivity contribution in [3.8, 4) is 11.4 Å². The molecule has 7 nitrogen and oxygen atoms in total. The number of hydrogen-bond donors (Lipinski definition) is 0. The lowest BCUT2D eigenvalue weighted by Crippen LogP contribution is -2.39. The van der Waals surface area contributed by atoms with E-state index in [9.17, 15) is 4.79 Å². The van der Waals surface area contributed by atoms with E-state index in [1.807, 2.05) is 11.0 Å². The SMILES string of the molecule is CCC1CCCCCN1C(=O)c1ccc(OC)c(-n2cnnn2)c1. The number of methoxy groups -OCH3 is 1. The predicted octanol–water partition coefficient (Wildman–Crippen LogP) is 2.47. The van der Waals surface area contributed by atoms with E-state index in [0.717, 1.165) is 25.8 Å². The molecule has 1 saturated heterocycles. The summed E-state index contributed by atoms with van der Waals surface area (Å²) in [5, 5.41) is 11.2. The third-order valence-corrected chi connectivity index (χ3v) is 4.63. The average molecular weight is 329 g/mol. The van der Waals surface area contributed by atoms with Gasteiger partial charge in [-0.1, -0.05) is 19.8 Å². The van der Waals surface area contributed by atoms with E-state index in [4.69, 9.17) is 4.74 Å². The van der Waals surface area contributed by atoms with Crippen LogP contribution < -0.4 is 4.74 Å². The first kappa shape index (κ1) is 16.4. The Balaban J connectivity index is 1.93. The van der Waals surface area contributed by atoms with Crippen LogP contribution in [-0.2, 0) is 0 Å². The normalized spacial score (nSPS) is 18.2. The molecular formula is C17H23N5O2. The molecule has 1 atom stereocenters. The highest BCUT2D eigenvalue weighted by atomic mass is 16.5. The van der Waals surface area contributed by atoms with Crippen LogP contribution in [0.5, 0.6) is 5.75 Å². The zero-order chi connectivity index (χ0) is 16.9. The number of nitrogens with zero attached hydrogens (tertiary/aromatic N) is 5. The minimum Gasteiger partial charge on any atom is -0.494 e. The summed E-state index contributed by atoms with van der Waals surface area (Å²) in [6.07, 6.45) is 7.02. The number of aromatic nitrogens is 4. The Labute approximate surface area is 141 Å². The number of tetrazole rings is 1. The summed E-state index contributed by atoms with van der Waals surface area (Å²) in [7, 11) is 1.59. The van der Waals surface area contributed by atoms with Crippen molar-refractivity contribution in [2.75, 3.05) is 13.7 Å². The molecule has 0 radical (unpaired) electrons. The quantitative estimate of drug-likeness (QED) is 0.861. The van der Waals surface area contributed by atoms with Crippen LogP contribution in [0.4, 0.5) is 0 Å². The summed E-state index contributed by atoms with van der Waals surface area (Å²) in [4.78, 5) is 15.1. The smallest absolute Gasteiger partial charge is 0.254 e. The lowest BCUT2D eigenvalue weighted by atomic mass is 10.1. The van der Waals surface area contributed by atoms with Crippen LogP contribution in [0, 0.1) is 0 Å². The molecule has 7 heteroatoms. The molecule has 3 rings (SSSR count). The van der Waals surface area contributed by atoms with Gasteiger partial charge in [0.05, 0.1) is 7.11 Å². The van der Waals surface area contributed by atoms with Crippen LogP contribution >= 0.6 is 0 Å². The van der Waals surface area contributed by atoms with Crippen LogP contribution in [0.25, 0.3) is 5.69 Å². The third-order valence-electron chi connectivity index (χ3n) is 4.63. The molecular weight excluding hydrogens is 306 g/mol. The fourth-order valence-electron chi connectivity index (χ4n) is 3.31. The number of likely N-dealkylation sites (tertiary alicyclic amines) is 1. The monoisotopic (exact) mass is 329 g/mol. The minimum atomic E-state index is 0.0701. The average Bonchev–Trinajstić information content (AvgIpc) is 3.05. The summed E-state index contributed by atoms with van der Waals surface area (Å²) in [5.41, 5.74) is 1.30. The van der Waals surface area contributed by atoms with Gasteiger partial charge >= 0.3 is 0 Å². The van der Waals surface area contributed by atoms with Gasteiger partial charge in [0.15, 0.2) is 0 Å². The molecule has 2 aromatic rings. The van der Waals surface area contributed by atoms with Crippen molar-refractivity contribution in [1.82, 2.24) is 25.1 Å². The van der Waals surface area contributed by atoms with Crippen molar-refractivity contribution in [2.45, 2.75) is 45.1 Å².